The topological polar surface area (TPSA) is 90.0 Å². The summed E-state index contributed by atoms with van der Waals surface area (Å²) in [5, 5.41) is 2.51. The second-order valence-corrected chi connectivity index (χ2v) is 9.43. The SMILES string of the molecule is CNC(=O)[C@H](C)N(CCc1ccccc1)C(=O)CN(c1ccccc1F)S(=O)(=O)N(C)C. The van der Waals surface area contributed by atoms with E-state index in [2.05, 4.69) is 5.32 Å². The first-order chi connectivity index (χ1) is 15.1. The Balaban J connectivity index is 2.38. The van der Waals surface area contributed by atoms with Crippen molar-refractivity contribution < 1.29 is 22.4 Å². The van der Waals surface area contributed by atoms with Gasteiger partial charge in [0.2, 0.25) is 11.8 Å². The first-order valence-corrected chi connectivity index (χ1v) is 11.5. The lowest BCUT2D eigenvalue weighted by Crippen LogP contribution is -2.53. The van der Waals surface area contributed by atoms with E-state index in [9.17, 15) is 22.4 Å². The summed E-state index contributed by atoms with van der Waals surface area (Å²) in [7, 11) is -0.125. The van der Waals surface area contributed by atoms with Crippen LogP contribution in [0, 0.1) is 5.82 Å². The molecule has 2 rings (SSSR count). The molecule has 0 bridgehead atoms. The molecule has 2 aromatic rings. The predicted octanol–water partition coefficient (Wildman–Crippen LogP) is 1.64. The summed E-state index contributed by atoms with van der Waals surface area (Å²) in [6, 6.07) is 13.9. The van der Waals surface area contributed by atoms with Gasteiger partial charge >= 0.3 is 10.2 Å². The summed E-state index contributed by atoms with van der Waals surface area (Å²) in [5.41, 5.74) is 0.714. The molecule has 2 amide bonds. The number of para-hydroxylation sites is 1. The maximum atomic E-state index is 14.5. The number of rotatable bonds is 10. The molecular weight excluding hydrogens is 435 g/mol. The number of nitrogens with one attached hydrogen (secondary N) is 1. The van der Waals surface area contributed by atoms with Crippen molar-refractivity contribution in [2.24, 2.45) is 0 Å². The second-order valence-electron chi connectivity index (χ2n) is 7.36. The second kappa shape index (κ2) is 11.1. The van der Waals surface area contributed by atoms with Crippen LogP contribution in [0.1, 0.15) is 12.5 Å². The number of anilines is 1. The molecule has 0 saturated carbocycles. The van der Waals surface area contributed by atoms with E-state index in [0.717, 1.165) is 20.2 Å². The van der Waals surface area contributed by atoms with E-state index in [1.165, 1.54) is 44.2 Å². The van der Waals surface area contributed by atoms with E-state index in [1.807, 2.05) is 30.3 Å². The van der Waals surface area contributed by atoms with Gasteiger partial charge in [-0.05, 0) is 31.0 Å². The molecular formula is C22H29FN4O4S. The van der Waals surface area contributed by atoms with Crippen molar-refractivity contribution >= 4 is 27.7 Å². The predicted molar refractivity (Wildman–Crippen MR) is 122 cm³/mol. The molecule has 0 spiro atoms. The highest BCUT2D eigenvalue weighted by Crippen LogP contribution is 2.23. The summed E-state index contributed by atoms with van der Waals surface area (Å²) in [6.45, 7) is 1.09. The molecule has 0 aromatic heterocycles. The molecule has 0 fully saturated rings. The van der Waals surface area contributed by atoms with Crippen LogP contribution in [-0.2, 0) is 26.2 Å². The smallest absolute Gasteiger partial charge is 0.304 e. The molecule has 1 atom stereocenters. The molecule has 8 nitrogen and oxygen atoms in total. The monoisotopic (exact) mass is 464 g/mol. The van der Waals surface area contributed by atoms with Crippen LogP contribution in [0.25, 0.3) is 0 Å². The third-order valence-electron chi connectivity index (χ3n) is 5.04. The molecule has 32 heavy (non-hydrogen) atoms. The Morgan fingerprint density at radius 3 is 2.19 bits per heavy atom. The summed E-state index contributed by atoms with van der Waals surface area (Å²) >= 11 is 0. The fourth-order valence-electron chi connectivity index (χ4n) is 3.13. The van der Waals surface area contributed by atoms with E-state index < -0.39 is 34.5 Å². The Kier molecular flexibility index (Phi) is 8.73. The molecule has 0 aliphatic heterocycles. The summed E-state index contributed by atoms with van der Waals surface area (Å²) in [5.74, 6) is -1.79. The highest BCUT2D eigenvalue weighted by molar-refractivity contribution is 7.90. The number of halogens is 1. The normalized spacial score (nSPS) is 12.3. The van der Waals surface area contributed by atoms with Crippen LogP contribution < -0.4 is 9.62 Å². The summed E-state index contributed by atoms with van der Waals surface area (Å²) in [4.78, 5) is 26.9. The molecule has 174 valence electrons. The number of amides is 2. The van der Waals surface area contributed by atoms with Gasteiger partial charge in [-0.1, -0.05) is 42.5 Å². The fourth-order valence-corrected chi connectivity index (χ4v) is 4.20. The van der Waals surface area contributed by atoms with Crippen LogP contribution in [0.5, 0.6) is 0 Å². The first-order valence-electron chi connectivity index (χ1n) is 10.1. The Bertz CT molecular complexity index is 1030. The Labute approximate surface area is 188 Å². The number of hydrogen-bond acceptors (Lipinski definition) is 4. The summed E-state index contributed by atoms with van der Waals surface area (Å²) < 4.78 is 41.9. The minimum atomic E-state index is -4.18. The number of carbonyl (C=O) groups is 2. The molecule has 0 saturated heterocycles. The van der Waals surface area contributed by atoms with Crippen LogP contribution >= 0.6 is 0 Å². The van der Waals surface area contributed by atoms with Crippen molar-refractivity contribution in [2.75, 3.05) is 38.5 Å². The van der Waals surface area contributed by atoms with E-state index >= 15 is 0 Å². The Morgan fingerprint density at radius 2 is 1.62 bits per heavy atom. The van der Waals surface area contributed by atoms with Gasteiger partial charge in [-0.3, -0.25) is 9.59 Å². The zero-order valence-electron chi connectivity index (χ0n) is 18.7. The first kappa shape index (κ1) is 25.3. The molecule has 0 aliphatic carbocycles. The van der Waals surface area contributed by atoms with E-state index in [-0.39, 0.29) is 18.1 Å². The average Bonchev–Trinajstić information content (AvgIpc) is 2.78. The Morgan fingerprint density at radius 1 is 1.03 bits per heavy atom. The molecule has 0 heterocycles. The largest absolute Gasteiger partial charge is 0.357 e. The molecule has 1 N–H and O–H groups in total. The molecule has 10 heteroatoms. The standard InChI is InChI=1S/C22H29FN4O4S/c1-17(22(29)24-2)26(15-14-18-10-6-5-7-11-18)21(28)16-27(32(30,31)25(3)4)20-13-9-8-12-19(20)23/h5-13,17H,14-16H2,1-4H3,(H,24,29)/t17-/m0/s1. The number of nitrogens with zero attached hydrogens (tertiary/aromatic N) is 3. The van der Waals surface area contributed by atoms with Gasteiger partial charge in [0, 0.05) is 27.7 Å². The minimum Gasteiger partial charge on any atom is -0.357 e. The lowest BCUT2D eigenvalue weighted by atomic mass is 10.1. The number of hydrogen-bond donors (Lipinski definition) is 1. The van der Waals surface area contributed by atoms with Gasteiger partial charge in [-0.15, -0.1) is 0 Å². The van der Waals surface area contributed by atoms with Crippen LogP contribution in [0.15, 0.2) is 54.6 Å². The average molecular weight is 465 g/mol. The zero-order chi connectivity index (χ0) is 23.9. The lowest BCUT2D eigenvalue weighted by molar-refractivity contribution is -0.138. The van der Waals surface area contributed by atoms with Crippen LogP contribution in [0.3, 0.4) is 0 Å². The van der Waals surface area contributed by atoms with E-state index in [0.29, 0.717) is 6.42 Å². The van der Waals surface area contributed by atoms with Crippen molar-refractivity contribution in [3.8, 4) is 0 Å². The maximum absolute atomic E-state index is 14.5. The maximum Gasteiger partial charge on any atom is 0.304 e. The van der Waals surface area contributed by atoms with Gasteiger partial charge in [0.15, 0.2) is 0 Å². The third-order valence-corrected chi connectivity index (χ3v) is 6.84. The van der Waals surface area contributed by atoms with Crippen molar-refractivity contribution in [3.05, 3.63) is 66.0 Å². The van der Waals surface area contributed by atoms with Gasteiger partial charge in [0.25, 0.3) is 0 Å². The van der Waals surface area contributed by atoms with E-state index in [4.69, 9.17) is 0 Å². The fraction of sp³-hybridized carbons (Fsp3) is 0.364. The Hall–Kier alpha value is -2.98. The lowest BCUT2D eigenvalue weighted by Gasteiger charge is -2.32. The van der Waals surface area contributed by atoms with Crippen molar-refractivity contribution in [2.45, 2.75) is 19.4 Å². The molecule has 0 unspecified atom stereocenters. The zero-order valence-corrected chi connectivity index (χ0v) is 19.5. The van der Waals surface area contributed by atoms with Crippen molar-refractivity contribution in [1.82, 2.24) is 14.5 Å². The minimum absolute atomic E-state index is 0.185. The van der Waals surface area contributed by atoms with Crippen LogP contribution in [-0.4, -0.2) is 69.7 Å². The third kappa shape index (κ3) is 6.04. The van der Waals surface area contributed by atoms with Gasteiger partial charge in [0.05, 0.1) is 5.69 Å². The molecule has 2 aromatic carbocycles. The van der Waals surface area contributed by atoms with Gasteiger partial charge < -0.3 is 10.2 Å². The van der Waals surface area contributed by atoms with E-state index in [1.54, 1.807) is 6.92 Å². The van der Waals surface area contributed by atoms with Crippen molar-refractivity contribution in [1.29, 1.82) is 0 Å². The van der Waals surface area contributed by atoms with Crippen molar-refractivity contribution in [3.63, 3.8) is 0 Å². The highest BCUT2D eigenvalue weighted by atomic mass is 32.2. The number of likely N-dealkylation sites (N-methyl/N-ethyl adjacent to an activating group) is 1. The number of benzene rings is 2. The number of carbonyl (C=O) groups excluding carboxylic acids is 2. The molecule has 0 radical (unpaired) electrons. The van der Waals surface area contributed by atoms with Gasteiger partial charge in [-0.25, -0.2) is 8.70 Å². The van der Waals surface area contributed by atoms with Gasteiger partial charge in [-0.2, -0.15) is 12.7 Å². The molecule has 0 aliphatic rings. The summed E-state index contributed by atoms with van der Waals surface area (Å²) in [6.07, 6.45) is 0.466. The quantitative estimate of drug-likeness (QED) is 0.579. The van der Waals surface area contributed by atoms with Crippen LogP contribution in [0.2, 0.25) is 0 Å². The van der Waals surface area contributed by atoms with Gasteiger partial charge in [0.1, 0.15) is 18.4 Å². The van der Waals surface area contributed by atoms with Crippen LogP contribution in [0.4, 0.5) is 10.1 Å². The highest BCUT2D eigenvalue weighted by Gasteiger charge is 2.33.